The van der Waals surface area contributed by atoms with Gasteiger partial charge in [-0.15, -0.1) is 0 Å². The molecule has 0 spiro atoms. The number of aromatic nitrogens is 2. The Bertz CT molecular complexity index is 1940. The maximum absolute atomic E-state index is 14.4. The summed E-state index contributed by atoms with van der Waals surface area (Å²) in [5, 5.41) is 13.9. The van der Waals surface area contributed by atoms with E-state index < -0.39 is 105 Å². The van der Waals surface area contributed by atoms with E-state index in [0.717, 1.165) is 4.90 Å². The van der Waals surface area contributed by atoms with Crippen molar-refractivity contribution in [3.8, 4) is 11.6 Å². The van der Waals surface area contributed by atoms with Crippen LogP contribution in [-0.4, -0.2) is 109 Å². The van der Waals surface area contributed by atoms with Gasteiger partial charge in [-0.1, -0.05) is 18.6 Å². The summed E-state index contributed by atoms with van der Waals surface area (Å²) in [7, 11) is -1.27. The van der Waals surface area contributed by atoms with Gasteiger partial charge in [0.25, 0.3) is 5.91 Å². The van der Waals surface area contributed by atoms with Crippen molar-refractivity contribution in [2.45, 2.75) is 86.5 Å². The second kappa shape index (κ2) is 15.2. The van der Waals surface area contributed by atoms with Crippen molar-refractivity contribution in [3.63, 3.8) is 0 Å². The van der Waals surface area contributed by atoms with Gasteiger partial charge in [-0.2, -0.15) is 13.2 Å². The fourth-order valence-electron chi connectivity index (χ4n) is 7.09. The van der Waals surface area contributed by atoms with E-state index in [-0.39, 0.29) is 29.8 Å². The molecule has 16 nitrogen and oxygen atoms in total. The molecule has 1 aromatic carbocycles. The minimum Gasteiger partial charge on any atom is -0.497 e. The number of allylic oxidation sites excluding steroid dienone is 1. The molecule has 3 heterocycles. The molecule has 4 N–H and O–H groups in total. The Morgan fingerprint density at radius 1 is 1.11 bits per heavy atom. The quantitative estimate of drug-likeness (QED) is 0.270. The van der Waals surface area contributed by atoms with Crippen LogP contribution in [-0.2, 0) is 35.3 Å². The number of fused-ring (bicyclic) bond motifs is 3. The van der Waals surface area contributed by atoms with Gasteiger partial charge in [-0.25, -0.2) is 23.2 Å². The zero-order valence-electron chi connectivity index (χ0n) is 29.4. The third kappa shape index (κ3) is 8.33. The van der Waals surface area contributed by atoms with Gasteiger partial charge in [0.2, 0.25) is 33.4 Å². The largest absolute Gasteiger partial charge is 0.497 e. The van der Waals surface area contributed by atoms with E-state index in [0.29, 0.717) is 38.5 Å². The molecule has 0 unspecified atom stereocenters. The Balaban J connectivity index is 1.37. The Hall–Kier alpha value is -4.72. The van der Waals surface area contributed by atoms with Crippen LogP contribution in [0.5, 0.6) is 11.6 Å². The highest BCUT2D eigenvalue weighted by molar-refractivity contribution is 7.91. The molecule has 2 aliphatic heterocycles. The van der Waals surface area contributed by atoms with Crippen LogP contribution in [0.4, 0.5) is 18.0 Å². The van der Waals surface area contributed by atoms with Crippen LogP contribution in [0.3, 0.4) is 0 Å². The van der Waals surface area contributed by atoms with Crippen molar-refractivity contribution < 1.29 is 60.1 Å². The van der Waals surface area contributed by atoms with Crippen LogP contribution >= 0.6 is 0 Å². The summed E-state index contributed by atoms with van der Waals surface area (Å²) in [6.07, 6.45) is -1.88. The van der Waals surface area contributed by atoms with E-state index in [4.69, 9.17) is 14.2 Å². The Labute approximate surface area is 308 Å². The first kappa shape index (κ1) is 39.0. The monoisotopic (exact) mass is 782 g/mol. The van der Waals surface area contributed by atoms with Crippen LogP contribution < -0.4 is 24.8 Å². The number of rotatable bonds is 9. The molecule has 1 aromatic heterocycles. The van der Waals surface area contributed by atoms with E-state index in [1.165, 1.54) is 32.4 Å². The summed E-state index contributed by atoms with van der Waals surface area (Å²) < 4.78 is 86.9. The van der Waals surface area contributed by atoms with Gasteiger partial charge in [-0.05, 0) is 50.7 Å². The molecular weight excluding hydrogens is 741 g/mol. The molecule has 2 aliphatic carbocycles. The highest BCUT2D eigenvalue weighted by Gasteiger charge is 2.62. The lowest BCUT2D eigenvalue weighted by Gasteiger charge is -2.32. The van der Waals surface area contributed by atoms with Crippen molar-refractivity contribution in [2.24, 2.45) is 11.8 Å². The molecule has 0 bridgehead atoms. The number of carbonyl (C=O) groups is 4. The number of carbonyl (C=O) groups excluding carboxylic acids is 3. The van der Waals surface area contributed by atoms with Gasteiger partial charge in [0, 0.05) is 31.4 Å². The Morgan fingerprint density at radius 2 is 1.87 bits per heavy atom. The van der Waals surface area contributed by atoms with Gasteiger partial charge in [-0.3, -0.25) is 19.1 Å². The standard InChI is InChI=1S/C34H41F3N6O10S/c1-51-17-18-7-5-3-4-6-8-19-15-33(19,31(46)42-54(49,50)22-10-11-22)41-28(44)25-14-21(16-43(25)30(45)26(18)40-32(47)48)53-29-27(34(35,36)37)38-23-12-9-20(52-2)13-24(23)39-29/h6,8-9,12-13,18-19,21-22,25-26,40H,3-5,7,10-11,14-17H2,1-2H3,(H,41,44)(H,42,46)(H,47,48)/t18-,19+,21+,25-,26-,33+/m0/s1. The van der Waals surface area contributed by atoms with E-state index in [1.807, 2.05) is 6.08 Å². The molecule has 20 heteroatoms. The highest BCUT2D eigenvalue weighted by Crippen LogP contribution is 2.46. The number of hydrogen-bond acceptors (Lipinski definition) is 11. The topological polar surface area (TPSA) is 215 Å². The number of carboxylic acid groups (broad SMARTS) is 1. The van der Waals surface area contributed by atoms with Gasteiger partial charge in [0.1, 0.15) is 29.5 Å². The van der Waals surface area contributed by atoms with Gasteiger partial charge >= 0.3 is 12.3 Å². The van der Waals surface area contributed by atoms with Crippen molar-refractivity contribution in [1.82, 2.24) is 30.2 Å². The summed E-state index contributed by atoms with van der Waals surface area (Å²) >= 11 is 0. The van der Waals surface area contributed by atoms with Crippen LogP contribution in [0, 0.1) is 11.8 Å². The number of benzene rings is 1. The summed E-state index contributed by atoms with van der Waals surface area (Å²) in [6, 6.07) is 1.13. The van der Waals surface area contributed by atoms with Crippen molar-refractivity contribution in [2.75, 3.05) is 27.4 Å². The zero-order valence-corrected chi connectivity index (χ0v) is 30.2. The maximum atomic E-state index is 14.4. The SMILES string of the molecule is COC[C@@H]1CCCCC=C[C@@H]2C[C@@]2(C(=O)NS(=O)(=O)C2CC2)NC(=O)[C@@H]2C[C@@H](Oc3nc4cc(OC)ccc4nc3C(F)(F)F)CN2C(=O)[C@H]1NC(=O)O. The fraction of sp³-hybridized carbons (Fsp3) is 0.588. The van der Waals surface area contributed by atoms with E-state index in [2.05, 4.69) is 25.3 Å². The molecule has 294 valence electrons. The lowest BCUT2D eigenvalue weighted by Crippen LogP contribution is -2.59. The number of methoxy groups -OCH3 is 2. The molecule has 6 rings (SSSR count). The van der Waals surface area contributed by atoms with E-state index >= 15 is 0 Å². The number of hydrogen-bond donors (Lipinski definition) is 4. The molecule has 54 heavy (non-hydrogen) atoms. The van der Waals surface area contributed by atoms with Crippen LogP contribution in [0.1, 0.15) is 57.1 Å². The average Bonchev–Trinajstić information content (AvgIpc) is 4.03. The minimum absolute atomic E-state index is 0.00840. The molecule has 6 atom stereocenters. The molecule has 2 saturated carbocycles. The summed E-state index contributed by atoms with van der Waals surface area (Å²) in [5.74, 6) is -4.67. The minimum atomic E-state index is -5.02. The number of halogens is 3. The molecule has 2 aromatic rings. The van der Waals surface area contributed by atoms with Gasteiger partial charge in [0.05, 0.1) is 36.5 Å². The fourth-order valence-corrected chi connectivity index (χ4v) is 8.46. The Morgan fingerprint density at radius 3 is 2.54 bits per heavy atom. The lowest BCUT2D eigenvalue weighted by molar-refractivity contribution is -0.143. The predicted molar refractivity (Wildman–Crippen MR) is 183 cm³/mol. The number of nitrogens with one attached hydrogen (secondary N) is 3. The van der Waals surface area contributed by atoms with Gasteiger partial charge in [0.15, 0.2) is 0 Å². The second-order valence-corrected chi connectivity index (χ2v) is 16.0. The van der Waals surface area contributed by atoms with Gasteiger partial charge < -0.3 is 34.9 Å². The highest BCUT2D eigenvalue weighted by atomic mass is 32.2. The predicted octanol–water partition coefficient (Wildman–Crippen LogP) is 2.52. The van der Waals surface area contributed by atoms with Crippen molar-refractivity contribution in [1.29, 1.82) is 0 Å². The summed E-state index contributed by atoms with van der Waals surface area (Å²) in [6.45, 7) is -0.523. The summed E-state index contributed by atoms with van der Waals surface area (Å²) in [4.78, 5) is 63.1. The third-order valence-corrected chi connectivity index (χ3v) is 12.0. The molecular formula is C34H41F3N6O10S. The van der Waals surface area contributed by atoms with Crippen molar-refractivity contribution >= 4 is 44.9 Å². The number of amides is 4. The first-order valence-electron chi connectivity index (χ1n) is 17.5. The maximum Gasteiger partial charge on any atom is 0.438 e. The smallest absolute Gasteiger partial charge is 0.438 e. The van der Waals surface area contributed by atoms with Crippen LogP contribution in [0.25, 0.3) is 11.0 Å². The molecule has 0 radical (unpaired) electrons. The third-order valence-electron chi connectivity index (χ3n) is 10.2. The van der Waals surface area contributed by atoms with E-state index in [1.54, 1.807) is 6.08 Å². The zero-order chi connectivity index (χ0) is 39.0. The summed E-state index contributed by atoms with van der Waals surface area (Å²) in [5.41, 5.74) is -3.25. The second-order valence-electron chi connectivity index (χ2n) is 14.0. The number of ether oxygens (including phenoxy) is 3. The lowest BCUT2D eigenvalue weighted by atomic mass is 9.92. The number of nitrogens with zero attached hydrogens (tertiary/aromatic N) is 3. The molecule has 4 amide bonds. The van der Waals surface area contributed by atoms with Crippen LogP contribution in [0.2, 0.25) is 0 Å². The van der Waals surface area contributed by atoms with Crippen molar-refractivity contribution in [3.05, 3.63) is 36.0 Å². The first-order chi connectivity index (χ1) is 25.6. The number of sulfonamides is 1. The average molecular weight is 783 g/mol. The Kier molecular flexibility index (Phi) is 11.0. The number of alkyl halides is 3. The first-order valence-corrected chi connectivity index (χ1v) is 19.0. The molecule has 3 fully saturated rings. The van der Waals surface area contributed by atoms with Crippen LogP contribution in [0.15, 0.2) is 30.4 Å². The molecule has 4 aliphatic rings. The normalized spacial score (nSPS) is 27.9. The van der Waals surface area contributed by atoms with E-state index in [9.17, 15) is 45.9 Å². The molecule has 1 saturated heterocycles.